The Balaban J connectivity index is 2.22. The van der Waals surface area contributed by atoms with Crippen LogP contribution in [0, 0.1) is 6.92 Å². The van der Waals surface area contributed by atoms with Gasteiger partial charge in [-0.15, -0.1) is 6.58 Å². The number of rotatable bonds is 5. The summed E-state index contributed by atoms with van der Waals surface area (Å²) in [6, 6.07) is 5.19. The van der Waals surface area contributed by atoms with Crippen LogP contribution in [0.3, 0.4) is 0 Å². The molecule has 1 N–H and O–H groups in total. The first-order chi connectivity index (χ1) is 9.43. The van der Waals surface area contributed by atoms with E-state index < -0.39 is 10.0 Å². The molecule has 1 aromatic carbocycles. The van der Waals surface area contributed by atoms with Crippen molar-refractivity contribution >= 4 is 27.3 Å². The van der Waals surface area contributed by atoms with Crippen molar-refractivity contribution < 1.29 is 13.2 Å². The molecule has 1 saturated heterocycles. The maximum absolute atomic E-state index is 11.7. The summed E-state index contributed by atoms with van der Waals surface area (Å²) in [6.07, 6.45) is 2.78. The molecule has 0 aliphatic carbocycles. The van der Waals surface area contributed by atoms with E-state index in [-0.39, 0.29) is 11.7 Å². The molecule has 2 rings (SSSR count). The zero-order chi connectivity index (χ0) is 14.8. The van der Waals surface area contributed by atoms with Gasteiger partial charge in [0.1, 0.15) is 0 Å². The highest BCUT2D eigenvalue weighted by Gasteiger charge is 2.23. The predicted octanol–water partition coefficient (Wildman–Crippen LogP) is 2.05. The van der Waals surface area contributed by atoms with Crippen LogP contribution in [0.1, 0.15) is 18.4 Å². The minimum Gasteiger partial charge on any atom is -0.312 e. The molecule has 6 heteroatoms. The van der Waals surface area contributed by atoms with E-state index in [1.54, 1.807) is 23.1 Å². The molecule has 5 nitrogen and oxygen atoms in total. The zero-order valence-electron chi connectivity index (χ0n) is 11.4. The summed E-state index contributed by atoms with van der Waals surface area (Å²) in [7, 11) is -3.39. The lowest BCUT2D eigenvalue weighted by Gasteiger charge is -2.19. The maximum atomic E-state index is 11.7. The van der Waals surface area contributed by atoms with Crippen molar-refractivity contribution in [1.82, 2.24) is 0 Å². The fourth-order valence-corrected chi connectivity index (χ4v) is 3.18. The van der Waals surface area contributed by atoms with Crippen LogP contribution in [0.25, 0.3) is 0 Å². The van der Waals surface area contributed by atoms with E-state index in [2.05, 4.69) is 11.3 Å². The number of carbonyl (C=O) groups is 1. The zero-order valence-corrected chi connectivity index (χ0v) is 12.2. The average molecular weight is 294 g/mol. The van der Waals surface area contributed by atoms with Crippen LogP contribution in [-0.4, -0.2) is 26.6 Å². The van der Waals surface area contributed by atoms with E-state index in [0.717, 1.165) is 24.2 Å². The molecule has 1 aromatic rings. The summed E-state index contributed by atoms with van der Waals surface area (Å²) in [5, 5.41) is 0. The Labute approximate surface area is 119 Å². The Bertz CT molecular complexity index is 638. The third kappa shape index (κ3) is 3.19. The van der Waals surface area contributed by atoms with Crippen molar-refractivity contribution in [1.29, 1.82) is 0 Å². The number of aryl methyl sites for hydroxylation is 1. The first kappa shape index (κ1) is 14.6. The van der Waals surface area contributed by atoms with Crippen LogP contribution >= 0.6 is 0 Å². The Morgan fingerprint density at radius 2 is 2.20 bits per heavy atom. The molecule has 0 radical (unpaired) electrons. The van der Waals surface area contributed by atoms with Gasteiger partial charge in [0.15, 0.2) is 0 Å². The fraction of sp³-hybridized carbons (Fsp3) is 0.357. The number of carbonyl (C=O) groups excluding carboxylic acids is 1. The van der Waals surface area contributed by atoms with Crippen LogP contribution in [0.15, 0.2) is 30.9 Å². The van der Waals surface area contributed by atoms with Gasteiger partial charge in [-0.05, 0) is 37.1 Å². The lowest BCUT2D eigenvalue weighted by Crippen LogP contribution is -2.24. The number of nitrogens with one attached hydrogen (secondary N) is 1. The molecule has 1 heterocycles. The Morgan fingerprint density at radius 1 is 1.45 bits per heavy atom. The van der Waals surface area contributed by atoms with Crippen molar-refractivity contribution in [3.05, 3.63) is 36.4 Å². The van der Waals surface area contributed by atoms with Gasteiger partial charge in [0.05, 0.1) is 5.75 Å². The van der Waals surface area contributed by atoms with Crippen LogP contribution in [0.2, 0.25) is 0 Å². The monoisotopic (exact) mass is 294 g/mol. The van der Waals surface area contributed by atoms with Crippen LogP contribution in [0.5, 0.6) is 0 Å². The minimum atomic E-state index is -3.39. The molecular formula is C14H18N2O3S. The number of anilines is 2. The van der Waals surface area contributed by atoms with Crippen molar-refractivity contribution in [2.45, 2.75) is 19.8 Å². The predicted molar refractivity (Wildman–Crippen MR) is 80.4 cm³/mol. The van der Waals surface area contributed by atoms with Crippen molar-refractivity contribution in [3.63, 3.8) is 0 Å². The Kier molecular flexibility index (Phi) is 4.13. The molecule has 0 unspecified atom stereocenters. The van der Waals surface area contributed by atoms with E-state index in [9.17, 15) is 13.2 Å². The number of nitrogens with zero attached hydrogens (tertiary/aromatic N) is 1. The quantitative estimate of drug-likeness (QED) is 0.845. The topological polar surface area (TPSA) is 66.5 Å². The smallest absolute Gasteiger partial charge is 0.236 e. The van der Waals surface area contributed by atoms with E-state index in [1.165, 1.54) is 6.08 Å². The summed E-state index contributed by atoms with van der Waals surface area (Å²) < 4.78 is 25.8. The highest BCUT2D eigenvalue weighted by atomic mass is 32.2. The SMILES string of the molecule is C=CCS(=O)(=O)Nc1ccc(N2CCCC2=O)c(C)c1. The van der Waals surface area contributed by atoms with E-state index in [4.69, 9.17) is 0 Å². The summed E-state index contributed by atoms with van der Waals surface area (Å²) in [6.45, 7) is 6.01. The standard InChI is InChI=1S/C14H18N2O3S/c1-3-9-20(18,19)15-12-6-7-13(11(2)10-12)16-8-4-5-14(16)17/h3,6-7,10,15H,1,4-5,8-9H2,2H3. The normalized spacial score (nSPS) is 15.4. The first-order valence-electron chi connectivity index (χ1n) is 6.45. The van der Waals surface area contributed by atoms with Crippen LogP contribution in [0.4, 0.5) is 11.4 Å². The molecule has 1 aliphatic heterocycles. The second-order valence-corrected chi connectivity index (χ2v) is 6.59. The van der Waals surface area contributed by atoms with Crippen molar-refractivity contribution in [2.24, 2.45) is 0 Å². The molecule has 0 spiro atoms. The summed E-state index contributed by atoms with van der Waals surface area (Å²) in [5.41, 5.74) is 2.22. The first-order valence-corrected chi connectivity index (χ1v) is 8.10. The number of benzene rings is 1. The van der Waals surface area contributed by atoms with Gasteiger partial charge in [-0.2, -0.15) is 0 Å². The number of hydrogen-bond acceptors (Lipinski definition) is 3. The second-order valence-electron chi connectivity index (χ2n) is 4.82. The van der Waals surface area contributed by atoms with Crippen molar-refractivity contribution in [2.75, 3.05) is 21.9 Å². The van der Waals surface area contributed by atoms with E-state index in [0.29, 0.717) is 12.1 Å². The van der Waals surface area contributed by atoms with Gasteiger partial charge in [0, 0.05) is 24.3 Å². The molecule has 108 valence electrons. The summed E-state index contributed by atoms with van der Waals surface area (Å²) >= 11 is 0. The van der Waals surface area contributed by atoms with Gasteiger partial charge in [-0.1, -0.05) is 6.08 Å². The van der Waals surface area contributed by atoms with Gasteiger partial charge in [0.25, 0.3) is 0 Å². The molecule has 0 atom stereocenters. The molecule has 1 aliphatic rings. The van der Waals surface area contributed by atoms with Crippen LogP contribution < -0.4 is 9.62 Å². The van der Waals surface area contributed by atoms with Gasteiger partial charge in [-0.3, -0.25) is 9.52 Å². The Hall–Kier alpha value is -1.82. The lowest BCUT2D eigenvalue weighted by molar-refractivity contribution is -0.117. The van der Waals surface area contributed by atoms with Gasteiger partial charge in [-0.25, -0.2) is 8.42 Å². The van der Waals surface area contributed by atoms with Crippen LogP contribution in [-0.2, 0) is 14.8 Å². The summed E-state index contributed by atoms with van der Waals surface area (Å²) in [4.78, 5) is 13.5. The number of hydrogen-bond donors (Lipinski definition) is 1. The molecule has 0 bridgehead atoms. The van der Waals surface area contributed by atoms with Gasteiger partial charge in [0.2, 0.25) is 15.9 Å². The van der Waals surface area contributed by atoms with E-state index in [1.807, 2.05) is 6.92 Å². The largest absolute Gasteiger partial charge is 0.312 e. The molecule has 0 saturated carbocycles. The molecule has 0 aromatic heterocycles. The minimum absolute atomic E-state index is 0.119. The molecule has 20 heavy (non-hydrogen) atoms. The molecule has 1 fully saturated rings. The lowest BCUT2D eigenvalue weighted by atomic mass is 10.1. The number of amides is 1. The third-order valence-electron chi connectivity index (χ3n) is 3.17. The molecule has 1 amide bonds. The Morgan fingerprint density at radius 3 is 2.75 bits per heavy atom. The second kappa shape index (κ2) is 5.66. The van der Waals surface area contributed by atoms with Crippen molar-refractivity contribution in [3.8, 4) is 0 Å². The molecular weight excluding hydrogens is 276 g/mol. The maximum Gasteiger partial charge on any atom is 0.236 e. The summed E-state index contributed by atoms with van der Waals surface area (Å²) in [5.74, 6) is -0.00798. The van der Waals surface area contributed by atoms with Gasteiger partial charge >= 0.3 is 0 Å². The highest BCUT2D eigenvalue weighted by molar-refractivity contribution is 7.92. The van der Waals surface area contributed by atoms with E-state index >= 15 is 0 Å². The fourth-order valence-electron chi connectivity index (χ4n) is 2.30. The third-order valence-corrected chi connectivity index (χ3v) is 4.39. The van der Waals surface area contributed by atoms with Gasteiger partial charge < -0.3 is 4.90 Å². The number of sulfonamides is 1. The highest BCUT2D eigenvalue weighted by Crippen LogP contribution is 2.27. The average Bonchev–Trinajstić information content (AvgIpc) is 2.75.